The van der Waals surface area contributed by atoms with E-state index in [0.29, 0.717) is 11.5 Å². The highest BCUT2D eigenvalue weighted by molar-refractivity contribution is 9.10. The van der Waals surface area contributed by atoms with Gasteiger partial charge >= 0.3 is 0 Å². The number of aryl methyl sites for hydroxylation is 1. The zero-order valence-electron chi connectivity index (χ0n) is 11.8. The highest BCUT2D eigenvalue weighted by Crippen LogP contribution is 2.30. The van der Waals surface area contributed by atoms with Gasteiger partial charge in [-0.3, -0.25) is 5.10 Å². The zero-order chi connectivity index (χ0) is 14.8. The first-order valence-corrected chi connectivity index (χ1v) is 7.79. The van der Waals surface area contributed by atoms with Crippen LogP contribution in [0.4, 0.5) is 5.82 Å². The number of rotatable bonds is 2. The van der Waals surface area contributed by atoms with E-state index in [4.69, 9.17) is 5.26 Å². The third kappa shape index (κ3) is 2.93. The number of hydrogen-bond acceptors (Lipinski definition) is 4. The van der Waals surface area contributed by atoms with Crippen molar-refractivity contribution in [2.45, 2.75) is 25.7 Å². The van der Waals surface area contributed by atoms with Crippen LogP contribution in [0.25, 0.3) is 0 Å². The Morgan fingerprint density at radius 3 is 2.76 bits per heavy atom. The van der Waals surface area contributed by atoms with Gasteiger partial charge in [-0.2, -0.15) is 10.4 Å². The number of nitrogens with zero attached hydrogens (tertiary/aromatic N) is 4. The third-order valence-corrected chi connectivity index (χ3v) is 4.56. The van der Waals surface area contributed by atoms with E-state index in [1.807, 2.05) is 13.0 Å². The minimum atomic E-state index is 0.511. The van der Waals surface area contributed by atoms with Crippen LogP contribution in [0.15, 0.2) is 22.8 Å². The largest absolute Gasteiger partial charge is 0.357 e. The topological polar surface area (TPSA) is 68.6 Å². The number of piperidine rings is 1. The molecule has 0 saturated carbocycles. The summed E-state index contributed by atoms with van der Waals surface area (Å²) in [6.45, 7) is 3.91. The van der Waals surface area contributed by atoms with Gasteiger partial charge in [0.05, 0.1) is 15.7 Å². The van der Waals surface area contributed by atoms with Gasteiger partial charge in [-0.25, -0.2) is 4.98 Å². The van der Waals surface area contributed by atoms with Crippen molar-refractivity contribution in [1.29, 1.82) is 5.26 Å². The van der Waals surface area contributed by atoms with Gasteiger partial charge in [0.1, 0.15) is 11.9 Å². The number of H-pyrrole nitrogens is 1. The quantitative estimate of drug-likeness (QED) is 0.907. The molecule has 21 heavy (non-hydrogen) atoms. The Morgan fingerprint density at radius 1 is 1.38 bits per heavy atom. The maximum Gasteiger partial charge on any atom is 0.129 e. The minimum Gasteiger partial charge on any atom is -0.357 e. The summed E-state index contributed by atoms with van der Waals surface area (Å²) in [6.07, 6.45) is 3.82. The molecule has 108 valence electrons. The average molecular weight is 346 g/mol. The Kier molecular flexibility index (Phi) is 3.93. The van der Waals surface area contributed by atoms with Crippen LogP contribution in [0.3, 0.4) is 0 Å². The average Bonchev–Trinajstić information content (AvgIpc) is 2.94. The van der Waals surface area contributed by atoms with E-state index >= 15 is 0 Å². The molecule has 0 unspecified atom stereocenters. The molecule has 2 aromatic heterocycles. The van der Waals surface area contributed by atoms with Gasteiger partial charge in [-0.05, 0) is 47.8 Å². The molecule has 0 radical (unpaired) electrons. The van der Waals surface area contributed by atoms with Crippen LogP contribution < -0.4 is 4.90 Å². The van der Waals surface area contributed by atoms with E-state index in [-0.39, 0.29) is 0 Å². The normalized spacial score (nSPS) is 16.0. The van der Waals surface area contributed by atoms with Crippen LogP contribution in [0.2, 0.25) is 0 Å². The lowest BCUT2D eigenvalue weighted by Crippen LogP contribution is -2.33. The summed E-state index contributed by atoms with van der Waals surface area (Å²) >= 11 is 3.34. The van der Waals surface area contributed by atoms with Crippen molar-refractivity contribution in [2.24, 2.45) is 0 Å². The molecule has 0 spiro atoms. The van der Waals surface area contributed by atoms with Gasteiger partial charge < -0.3 is 4.90 Å². The van der Waals surface area contributed by atoms with Gasteiger partial charge in [0.15, 0.2) is 0 Å². The van der Waals surface area contributed by atoms with Gasteiger partial charge in [-0.15, -0.1) is 0 Å². The van der Waals surface area contributed by atoms with Gasteiger partial charge in [-0.1, -0.05) is 0 Å². The predicted molar refractivity (Wildman–Crippen MR) is 84.2 cm³/mol. The standard InChI is InChI=1S/C15H16BrN5/c1-10-6-14(20-19-10)11-2-4-21(5-3-11)15-7-12(8-17)13(16)9-18-15/h6-7,9,11H,2-5H2,1H3,(H,19,20). The van der Waals surface area contributed by atoms with Gasteiger partial charge in [0.25, 0.3) is 0 Å². The van der Waals surface area contributed by atoms with E-state index < -0.39 is 0 Å². The highest BCUT2D eigenvalue weighted by atomic mass is 79.9. The summed E-state index contributed by atoms with van der Waals surface area (Å²) in [5.41, 5.74) is 2.90. The Balaban J connectivity index is 1.70. The van der Waals surface area contributed by atoms with E-state index in [2.05, 4.69) is 48.1 Å². The zero-order valence-corrected chi connectivity index (χ0v) is 13.4. The summed E-state index contributed by atoms with van der Waals surface area (Å²) < 4.78 is 0.746. The highest BCUT2D eigenvalue weighted by Gasteiger charge is 2.23. The number of aromatic amines is 1. The lowest BCUT2D eigenvalue weighted by atomic mass is 9.93. The fourth-order valence-electron chi connectivity index (χ4n) is 2.74. The Morgan fingerprint density at radius 2 is 2.14 bits per heavy atom. The van der Waals surface area contributed by atoms with Gasteiger partial charge in [0.2, 0.25) is 0 Å². The SMILES string of the molecule is Cc1cc(C2CCN(c3cc(C#N)c(Br)cn3)CC2)n[nH]1. The number of aromatic nitrogens is 3. The summed E-state index contributed by atoms with van der Waals surface area (Å²) in [6, 6.07) is 6.17. The lowest BCUT2D eigenvalue weighted by Gasteiger charge is -2.32. The maximum absolute atomic E-state index is 9.10. The van der Waals surface area contributed by atoms with Gasteiger partial charge in [0, 0.05) is 30.9 Å². The van der Waals surface area contributed by atoms with Crippen LogP contribution >= 0.6 is 15.9 Å². The van der Waals surface area contributed by atoms with Crippen LogP contribution in [0, 0.1) is 18.3 Å². The van der Waals surface area contributed by atoms with E-state index in [1.54, 1.807) is 6.20 Å². The van der Waals surface area contributed by atoms with Crippen molar-refractivity contribution < 1.29 is 0 Å². The van der Waals surface area contributed by atoms with Crippen molar-refractivity contribution >= 4 is 21.7 Å². The number of nitriles is 1. The molecule has 1 N–H and O–H groups in total. The molecule has 1 saturated heterocycles. The van der Waals surface area contributed by atoms with Crippen LogP contribution in [-0.4, -0.2) is 28.3 Å². The van der Waals surface area contributed by atoms with Crippen LogP contribution in [0.5, 0.6) is 0 Å². The molecule has 6 heteroatoms. The molecule has 3 heterocycles. The second-order valence-corrected chi connectivity index (χ2v) is 6.23. The molecule has 3 rings (SSSR count). The first-order chi connectivity index (χ1) is 10.2. The fraction of sp³-hybridized carbons (Fsp3) is 0.400. The lowest BCUT2D eigenvalue weighted by molar-refractivity contribution is 0.493. The van der Waals surface area contributed by atoms with Crippen molar-refractivity contribution in [1.82, 2.24) is 15.2 Å². The van der Waals surface area contributed by atoms with Crippen molar-refractivity contribution in [2.75, 3.05) is 18.0 Å². The minimum absolute atomic E-state index is 0.511. The number of nitrogens with one attached hydrogen (secondary N) is 1. The molecular weight excluding hydrogens is 330 g/mol. The van der Waals surface area contributed by atoms with Crippen LogP contribution in [-0.2, 0) is 0 Å². The molecule has 5 nitrogen and oxygen atoms in total. The molecular formula is C15H16BrN5. The Hall–Kier alpha value is -1.87. The van der Waals surface area contributed by atoms with Crippen molar-refractivity contribution in [3.05, 3.63) is 39.8 Å². The number of anilines is 1. The molecule has 1 fully saturated rings. The monoisotopic (exact) mass is 345 g/mol. The smallest absolute Gasteiger partial charge is 0.129 e. The summed E-state index contributed by atoms with van der Waals surface area (Å²) in [5, 5.41) is 16.5. The maximum atomic E-state index is 9.10. The number of pyridine rings is 1. The Bertz CT molecular complexity index is 680. The molecule has 1 aliphatic heterocycles. The molecule has 0 amide bonds. The van der Waals surface area contributed by atoms with Crippen LogP contribution in [0.1, 0.15) is 35.7 Å². The summed E-state index contributed by atoms with van der Waals surface area (Å²) in [7, 11) is 0. The van der Waals surface area contributed by atoms with Crippen molar-refractivity contribution in [3.63, 3.8) is 0 Å². The second-order valence-electron chi connectivity index (χ2n) is 5.37. The summed E-state index contributed by atoms with van der Waals surface area (Å²) in [5.74, 6) is 1.39. The first-order valence-electron chi connectivity index (χ1n) is 7.00. The molecule has 0 aliphatic carbocycles. The molecule has 0 atom stereocenters. The van der Waals surface area contributed by atoms with Crippen molar-refractivity contribution in [3.8, 4) is 6.07 Å². The number of hydrogen-bond donors (Lipinski definition) is 1. The third-order valence-electron chi connectivity index (χ3n) is 3.92. The molecule has 0 aromatic carbocycles. The van der Waals surface area contributed by atoms with E-state index in [1.165, 1.54) is 0 Å². The fourth-order valence-corrected chi connectivity index (χ4v) is 3.04. The van der Waals surface area contributed by atoms with E-state index in [9.17, 15) is 0 Å². The number of halogens is 1. The second kappa shape index (κ2) is 5.86. The Labute approximate surface area is 132 Å². The first kappa shape index (κ1) is 14.1. The summed E-state index contributed by atoms with van der Waals surface area (Å²) in [4.78, 5) is 6.66. The predicted octanol–water partition coefficient (Wildman–Crippen LogP) is 3.13. The molecule has 2 aromatic rings. The van der Waals surface area contributed by atoms with E-state index in [0.717, 1.165) is 47.6 Å². The molecule has 0 bridgehead atoms. The molecule has 1 aliphatic rings.